The Bertz CT molecular complexity index is 338. The molecule has 0 saturated heterocycles. The van der Waals surface area contributed by atoms with Gasteiger partial charge in [0, 0.05) is 16.9 Å². The summed E-state index contributed by atoms with van der Waals surface area (Å²) in [5.41, 5.74) is 8.55. The minimum absolute atomic E-state index is 0.447. The molecule has 0 spiro atoms. The van der Waals surface area contributed by atoms with Crippen LogP contribution in [0.15, 0.2) is 24.3 Å². The molecule has 2 N–H and O–H groups in total. The van der Waals surface area contributed by atoms with Crippen molar-refractivity contribution in [1.82, 2.24) is 0 Å². The minimum atomic E-state index is 0.447. The maximum absolute atomic E-state index is 5.75. The number of benzene rings is 1. The van der Waals surface area contributed by atoms with Gasteiger partial charge in [-0.3, -0.25) is 0 Å². The number of hydrogen-bond acceptors (Lipinski definition) is 2. The zero-order valence-corrected chi connectivity index (χ0v) is 11.0. The average molecular weight is 235 g/mol. The average Bonchev–Trinajstić information content (AvgIpc) is 2.18. The fourth-order valence-electron chi connectivity index (χ4n) is 2.28. The highest BCUT2D eigenvalue weighted by molar-refractivity contribution is 7.99. The zero-order chi connectivity index (χ0) is 11.6. The van der Waals surface area contributed by atoms with E-state index in [0.717, 1.165) is 10.9 Å². The zero-order valence-electron chi connectivity index (χ0n) is 10.2. The lowest BCUT2D eigenvalue weighted by Gasteiger charge is -2.43. The van der Waals surface area contributed by atoms with Gasteiger partial charge in [-0.05, 0) is 35.8 Å². The van der Waals surface area contributed by atoms with E-state index in [2.05, 4.69) is 37.7 Å². The van der Waals surface area contributed by atoms with E-state index in [1.54, 1.807) is 0 Å². The van der Waals surface area contributed by atoms with Crippen molar-refractivity contribution >= 4 is 17.4 Å². The molecule has 1 nitrogen and oxygen atoms in total. The highest BCUT2D eigenvalue weighted by Gasteiger charge is 2.38. The molecule has 1 fully saturated rings. The molecule has 2 heteroatoms. The van der Waals surface area contributed by atoms with Gasteiger partial charge in [0.05, 0.1) is 0 Å². The van der Waals surface area contributed by atoms with Crippen molar-refractivity contribution in [2.24, 2.45) is 0 Å². The van der Waals surface area contributed by atoms with E-state index in [0.29, 0.717) is 5.41 Å². The molecule has 1 aromatic rings. The molecular weight excluding hydrogens is 214 g/mol. The van der Waals surface area contributed by atoms with E-state index in [4.69, 9.17) is 5.73 Å². The molecule has 0 bridgehead atoms. The second-order valence-electron chi connectivity index (χ2n) is 5.12. The highest BCUT2D eigenvalue weighted by atomic mass is 32.2. The first-order valence-corrected chi connectivity index (χ1v) is 7.15. The predicted molar refractivity (Wildman–Crippen MR) is 74.0 cm³/mol. The van der Waals surface area contributed by atoms with Gasteiger partial charge in [0.2, 0.25) is 0 Å². The topological polar surface area (TPSA) is 26.0 Å². The van der Waals surface area contributed by atoms with Crippen LogP contribution in [0.1, 0.15) is 38.7 Å². The molecule has 0 aromatic heterocycles. The summed E-state index contributed by atoms with van der Waals surface area (Å²) in [5, 5.41) is 0.728. The number of nitrogen functional groups attached to an aromatic ring is 1. The predicted octanol–water partition coefficient (Wildman–Crippen LogP) is 3.83. The summed E-state index contributed by atoms with van der Waals surface area (Å²) < 4.78 is 0. The third kappa shape index (κ3) is 2.37. The van der Waals surface area contributed by atoms with E-state index in [9.17, 15) is 0 Å². The summed E-state index contributed by atoms with van der Waals surface area (Å²) in [6, 6.07) is 8.51. The number of thioether (sulfide) groups is 1. The van der Waals surface area contributed by atoms with Crippen molar-refractivity contribution in [3.8, 4) is 0 Å². The van der Waals surface area contributed by atoms with Crippen LogP contribution in [0.5, 0.6) is 0 Å². The number of nitrogens with two attached hydrogens (primary N) is 1. The molecule has 1 aliphatic rings. The first-order valence-electron chi connectivity index (χ1n) is 6.10. The van der Waals surface area contributed by atoms with E-state index < -0.39 is 0 Å². The standard InChI is InChI=1S/C14H21NS/c1-11(2)16-10-14(8-3-9-14)12-4-6-13(15)7-5-12/h4-7,11H,3,8-10,15H2,1-2H3. The second kappa shape index (κ2) is 4.70. The maximum Gasteiger partial charge on any atom is 0.0314 e. The molecule has 0 amide bonds. The summed E-state index contributed by atoms with van der Waals surface area (Å²) in [6.07, 6.45) is 4.07. The fourth-order valence-corrected chi connectivity index (χ4v) is 3.39. The Morgan fingerprint density at radius 3 is 2.31 bits per heavy atom. The van der Waals surface area contributed by atoms with Crippen molar-refractivity contribution < 1.29 is 0 Å². The fraction of sp³-hybridized carbons (Fsp3) is 0.571. The van der Waals surface area contributed by atoms with E-state index in [1.165, 1.54) is 30.6 Å². The first-order chi connectivity index (χ1) is 7.62. The summed E-state index contributed by atoms with van der Waals surface area (Å²) in [7, 11) is 0. The molecule has 0 aliphatic heterocycles. The van der Waals surface area contributed by atoms with Crippen LogP contribution in [0.25, 0.3) is 0 Å². The van der Waals surface area contributed by atoms with Crippen LogP contribution in [0.3, 0.4) is 0 Å². The molecular formula is C14H21NS. The van der Waals surface area contributed by atoms with Gasteiger partial charge in [-0.25, -0.2) is 0 Å². The number of anilines is 1. The quantitative estimate of drug-likeness (QED) is 0.803. The SMILES string of the molecule is CC(C)SCC1(c2ccc(N)cc2)CCC1. The number of rotatable bonds is 4. The van der Waals surface area contributed by atoms with Crippen molar-refractivity contribution in [2.45, 2.75) is 43.8 Å². The molecule has 0 atom stereocenters. The molecule has 16 heavy (non-hydrogen) atoms. The molecule has 0 radical (unpaired) electrons. The highest BCUT2D eigenvalue weighted by Crippen LogP contribution is 2.46. The van der Waals surface area contributed by atoms with Crippen molar-refractivity contribution in [3.05, 3.63) is 29.8 Å². The van der Waals surface area contributed by atoms with Gasteiger partial charge >= 0.3 is 0 Å². The van der Waals surface area contributed by atoms with Gasteiger partial charge in [-0.15, -0.1) is 0 Å². The first kappa shape index (κ1) is 11.8. The summed E-state index contributed by atoms with van der Waals surface area (Å²) in [5.74, 6) is 1.26. The maximum atomic E-state index is 5.75. The minimum Gasteiger partial charge on any atom is -0.399 e. The van der Waals surface area contributed by atoms with Gasteiger partial charge in [0.1, 0.15) is 0 Å². The van der Waals surface area contributed by atoms with Crippen LogP contribution in [0.4, 0.5) is 5.69 Å². The third-order valence-electron chi connectivity index (χ3n) is 3.53. The van der Waals surface area contributed by atoms with Crippen molar-refractivity contribution in [1.29, 1.82) is 0 Å². The second-order valence-corrected chi connectivity index (χ2v) is 6.68. The van der Waals surface area contributed by atoms with Gasteiger partial charge < -0.3 is 5.73 Å². The lowest BCUT2D eigenvalue weighted by atomic mass is 9.66. The van der Waals surface area contributed by atoms with Crippen LogP contribution < -0.4 is 5.73 Å². The van der Waals surface area contributed by atoms with Crippen LogP contribution in [0.2, 0.25) is 0 Å². The Hall–Kier alpha value is -0.630. The monoisotopic (exact) mass is 235 g/mol. The smallest absolute Gasteiger partial charge is 0.0314 e. The third-order valence-corrected chi connectivity index (χ3v) is 4.91. The van der Waals surface area contributed by atoms with Crippen LogP contribution >= 0.6 is 11.8 Å². The van der Waals surface area contributed by atoms with Gasteiger partial charge in [-0.1, -0.05) is 32.4 Å². The molecule has 0 heterocycles. The van der Waals surface area contributed by atoms with Gasteiger partial charge in [-0.2, -0.15) is 11.8 Å². The molecule has 0 unspecified atom stereocenters. The van der Waals surface area contributed by atoms with Crippen LogP contribution in [-0.4, -0.2) is 11.0 Å². The summed E-state index contributed by atoms with van der Waals surface area (Å²) >= 11 is 2.08. The Morgan fingerprint density at radius 1 is 1.25 bits per heavy atom. The van der Waals surface area contributed by atoms with E-state index in [1.807, 2.05) is 12.1 Å². The Labute approximate surface area is 103 Å². The van der Waals surface area contributed by atoms with E-state index >= 15 is 0 Å². The number of hydrogen-bond donors (Lipinski definition) is 1. The molecule has 1 saturated carbocycles. The van der Waals surface area contributed by atoms with E-state index in [-0.39, 0.29) is 0 Å². The summed E-state index contributed by atoms with van der Waals surface area (Å²) in [6.45, 7) is 4.56. The largest absolute Gasteiger partial charge is 0.399 e. The van der Waals surface area contributed by atoms with Gasteiger partial charge in [0.25, 0.3) is 0 Å². The van der Waals surface area contributed by atoms with Crippen LogP contribution in [0, 0.1) is 0 Å². The lowest BCUT2D eigenvalue weighted by molar-refractivity contribution is 0.278. The lowest BCUT2D eigenvalue weighted by Crippen LogP contribution is -2.37. The Morgan fingerprint density at radius 2 is 1.88 bits per heavy atom. The van der Waals surface area contributed by atoms with Crippen LogP contribution in [-0.2, 0) is 5.41 Å². The molecule has 2 rings (SSSR count). The van der Waals surface area contributed by atoms with Crippen molar-refractivity contribution in [3.63, 3.8) is 0 Å². The summed E-state index contributed by atoms with van der Waals surface area (Å²) in [4.78, 5) is 0. The normalized spacial score (nSPS) is 18.4. The van der Waals surface area contributed by atoms with Crippen molar-refractivity contribution in [2.75, 3.05) is 11.5 Å². The Balaban J connectivity index is 2.11. The molecule has 88 valence electrons. The molecule has 1 aromatic carbocycles. The molecule has 1 aliphatic carbocycles. The van der Waals surface area contributed by atoms with Gasteiger partial charge in [0.15, 0.2) is 0 Å². The Kier molecular flexibility index (Phi) is 3.48.